The summed E-state index contributed by atoms with van der Waals surface area (Å²) in [5.74, 6) is 0.830. The first-order valence-corrected chi connectivity index (χ1v) is 14.0. The van der Waals surface area contributed by atoms with Gasteiger partial charge in [-0.1, -0.05) is 77.1 Å². The minimum atomic E-state index is -1.05. The molecule has 0 atom stereocenters. The van der Waals surface area contributed by atoms with Crippen molar-refractivity contribution < 1.29 is 24.5 Å². The average Bonchev–Trinajstić information content (AvgIpc) is 2.93. The SMILES string of the molecule is CCC(C)(C)Oc1ccc(C(C)(C)c2ccc(Oc3ccc(C(C)(C)c4ccc(O)cc4)cc3)c(C(=O)O)c2)cc1. The van der Waals surface area contributed by atoms with Gasteiger partial charge in [0, 0.05) is 10.8 Å². The van der Waals surface area contributed by atoms with Gasteiger partial charge in [-0.05, 0) is 91.1 Å². The van der Waals surface area contributed by atoms with Gasteiger partial charge >= 0.3 is 5.97 Å². The molecular formula is C36H40O5. The monoisotopic (exact) mass is 552 g/mol. The van der Waals surface area contributed by atoms with Gasteiger partial charge in [-0.3, -0.25) is 0 Å². The van der Waals surface area contributed by atoms with Crippen molar-refractivity contribution >= 4 is 5.97 Å². The molecule has 5 heteroatoms. The molecule has 0 amide bonds. The lowest BCUT2D eigenvalue weighted by atomic mass is 9.77. The van der Waals surface area contributed by atoms with E-state index in [2.05, 4.69) is 48.5 Å². The second-order valence-electron chi connectivity index (χ2n) is 12.2. The van der Waals surface area contributed by atoms with Gasteiger partial charge in [0.2, 0.25) is 0 Å². The lowest BCUT2D eigenvalue weighted by Gasteiger charge is -2.28. The molecule has 0 aliphatic rings. The summed E-state index contributed by atoms with van der Waals surface area (Å²) in [4.78, 5) is 12.3. The second-order valence-corrected chi connectivity index (χ2v) is 12.2. The van der Waals surface area contributed by atoms with E-state index < -0.39 is 11.4 Å². The van der Waals surface area contributed by atoms with Gasteiger partial charge in [-0.15, -0.1) is 0 Å². The van der Waals surface area contributed by atoms with E-state index in [0.717, 1.165) is 34.4 Å². The van der Waals surface area contributed by atoms with Crippen LogP contribution in [0.4, 0.5) is 0 Å². The number of aromatic hydroxyl groups is 1. The van der Waals surface area contributed by atoms with E-state index in [1.165, 1.54) is 0 Å². The predicted molar refractivity (Wildman–Crippen MR) is 164 cm³/mol. The van der Waals surface area contributed by atoms with Crippen molar-refractivity contribution in [2.45, 2.75) is 71.3 Å². The van der Waals surface area contributed by atoms with E-state index >= 15 is 0 Å². The molecule has 0 saturated heterocycles. The molecule has 2 N–H and O–H groups in total. The van der Waals surface area contributed by atoms with Gasteiger partial charge in [0.15, 0.2) is 0 Å². The maximum atomic E-state index is 12.3. The molecule has 0 aliphatic heterocycles. The Balaban J connectivity index is 1.56. The number of ether oxygens (including phenoxy) is 2. The lowest BCUT2D eigenvalue weighted by molar-refractivity contribution is 0.0694. The van der Waals surface area contributed by atoms with E-state index in [1.807, 2.05) is 66.7 Å². The van der Waals surface area contributed by atoms with E-state index in [-0.39, 0.29) is 28.1 Å². The number of phenols is 1. The largest absolute Gasteiger partial charge is 0.508 e. The van der Waals surface area contributed by atoms with Gasteiger partial charge in [-0.2, -0.15) is 0 Å². The van der Waals surface area contributed by atoms with Crippen LogP contribution in [0, 0.1) is 0 Å². The number of aromatic carboxylic acids is 1. The fraction of sp³-hybridized carbons (Fsp3) is 0.306. The van der Waals surface area contributed by atoms with Crippen molar-refractivity contribution in [2.75, 3.05) is 0 Å². The Morgan fingerprint density at radius 2 is 1.10 bits per heavy atom. The first kappa shape index (κ1) is 29.7. The standard InChI is InChI=1S/C36H40O5/c1-8-34(2,3)41-30-20-13-26(14-21-30)36(6,7)27-15-22-32(31(23-27)33(38)39)40-29-18-11-25(12-19-29)35(4,5)24-9-16-28(37)17-10-24/h9-23,37H,8H2,1-7H3,(H,38,39). The second kappa shape index (κ2) is 11.3. The molecule has 4 rings (SSSR count). The minimum Gasteiger partial charge on any atom is -0.508 e. The zero-order valence-electron chi connectivity index (χ0n) is 25.0. The van der Waals surface area contributed by atoms with Crippen LogP contribution in [0.3, 0.4) is 0 Å². The van der Waals surface area contributed by atoms with E-state index in [4.69, 9.17) is 9.47 Å². The first-order chi connectivity index (χ1) is 19.2. The highest BCUT2D eigenvalue weighted by molar-refractivity contribution is 5.91. The van der Waals surface area contributed by atoms with Crippen LogP contribution in [0.2, 0.25) is 0 Å². The number of benzene rings is 4. The topological polar surface area (TPSA) is 76.0 Å². The lowest BCUT2D eigenvalue weighted by Crippen LogP contribution is -2.26. The number of hydrogen-bond donors (Lipinski definition) is 2. The molecule has 0 aromatic heterocycles. The summed E-state index contributed by atoms with van der Waals surface area (Å²) in [5, 5.41) is 19.7. The fourth-order valence-electron chi connectivity index (χ4n) is 4.78. The van der Waals surface area contributed by atoms with Crippen molar-refractivity contribution in [2.24, 2.45) is 0 Å². The van der Waals surface area contributed by atoms with Crippen LogP contribution in [-0.4, -0.2) is 21.8 Å². The summed E-state index contributed by atoms with van der Waals surface area (Å²) in [6.45, 7) is 14.6. The Bertz CT molecular complexity index is 1500. The summed E-state index contributed by atoms with van der Waals surface area (Å²) < 4.78 is 12.2. The molecule has 41 heavy (non-hydrogen) atoms. The summed E-state index contributed by atoms with van der Waals surface area (Å²) in [6.07, 6.45) is 0.897. The maximum absolute atomic E-state index is 12.3. The first-order valence-electron chi connectivity index (χ1n) is 14.0. The molecule has 0 heterocycles. The molecule has 0 spiro atoms. The number of carboxylic acid groups (broad SMARTS) is 1. The number of rotatable bonds is 10. The van der Waals surface area contributed by atoms with Crippen molar-refractivity contribution in [3.05, 3.63) is 119 Å². The third-order valence-electron chi connectivity index (χ3n) is 8.15. The molecule has 0 fully saturated rings. The molecule has 0 radical (unpaired) electrons. The zero-order chi connectivity index (χ0) is 30.0. The van der Waals surface area contributed by atoms with Crippen LogP contribution in [0.1, 0.15) is 87.5 Å². The highest BCUT2D eigenvalue weighted by Crippen LogP contribution is 2.38. The van der Waals surface area contributed by atoms with Crippen LogP contribution < -0.4 is 9.47 Å². The van der Waals surface area contributed by atoms with Crippen molar-refractivity contribution in [3.8, 4) is 23.0 Å². The molecule has 4 aromatic carbocycles. The number of phenolic OH excluding ortho intramolecular Hbond substituents is 1. The molecule has 214 valence electrons. The Morgan fingerprint density at radius 1 is 0.659 bits per heavy atom. The molecule has 0 saturated carbocycles. The third-order valence-corrected chi connectivity index (χ3v) is 8.15. The van der Waals surface area contributed by atoms with Crippen LogP contribution in [0.5, 0.6) is 23.0 Å². The van der Waals surface area contributed by atoms with E-state index in [9.17, 15) is 15.0 Å². The molecule has 0 aliphatic carbocycles. The summed E-state index contributed by atoms with van der Waals surface area (Å²) >= 11 is 0. The number of hydrogen-bond acceptors (Lipinski definition) is 4. The highest BCUT2D eigenvalue weighted by atomic mass is 16.5. The normalized spacial score (nSPS) is 12.2. The van der Waals surface area contributed by atoms with Crippen LogP contribution in [-0.2, 0) is 10.8 Å². The molecule has 0 unspecified atom stereocenters. The third kappa shape index (κ3) is 6.57. The van der Waals surface area contributed by atoms with Crippen molar-refractivity contribution in [1.29, 1.82) is 0 Å². The van der Waals surface area contributed by atoms with Gasteiger partial charge in [-0.25, -0.2) is 4.79 Å². The molecular weight excluding hydrogens is 512 g/mol. The number of carbonyl (C=O) groups is 1. The summed E-state index contributed by atoms with van der Waals surface area (Å²) in [6, 6.07) is 28.2. The summed E-state index contributed by atoms with van der Waals surface area (Å²) in [7, 11) is 0. The van der Waals surface area contributed by atoms with Crippen LogP contribution in [0.15, 0.2) is 91.0 Å². The fourth-order valence-corrected chi connectivity index (χ4v) is 4.78. The average molecular weight is 553 g/mol. The Labute approximate surface area is 243 Å². The van der Waals surface area contributed by atoms with Crippen molar-refractivity contribution in [1.82, 2.24) is 0 Å². The number of carboxylic acids is 1. The quantitative estimate of drug-likeness (QED) is 0.205. The smallest absolute Gasteiger partial charge is 0.339 e. The molecule has 5 nitrogen and oxygen atoms in total. The van der Waals surface area contributed by atoms with Gasteiger partial charge in [0.05, 0.1) is 0 Å². The zero-order valence-corrected chi connectivity index (χ0v) is 25.0. The van der Waals surface area contributed by atoms with Gasteiger partial charge < -0.3 is 19.7 Å². The van der Waals surface area contributed by atoms with Gasteiger partial charge in [0.25, 0.3) is 0 Å². The highest BCUT2D eigenvalue weighted by Gasteiger charge is 2.27. The van der Waals surface area contributed by atoms with Crippen LogP contribution >= 0.6 is 0 Å². The summed E-state index contributed by atoms with van der Waals surface area (Å²) in [5.41, 5.74) is 3.20. The van der Waals surface area contributed by atoms with E-state index in [0.29, 0.717) is 5.75 Å². The van der Waals surface area contributed by atoms with Crippen LogP contribution in [0.25, 0.3) is 0 Å². The van der Waals surface area contributed by atoms with Gasteiger partial charge in [0.1, 0.15) is 34.2 Å². The van der Waals surface area contributed by atoms with E-state index in [1.54, 1.807) is 24.3 Å². The maximum Gasteiger partial charge on any atom is 0.339 e. The minimum absolute atomic E-state index is 0.105. The Hall–Kier alpha value is -4.25. The molecule has 4 aromatic rings. The predicted octanol–water partition coefficient (Wildman–Crippen LogP) is 9.10. The molecule has 0 bridgehead atoms. The van der Waals surface area contributed by atoms with Crippen molar-refractivity contribution in [3.63, 3.8) is 0 Å². The Morgan fingerprint density at radius 3 is 1.59 bits per heavy atom. The Kier molecular flexibility index (Phi) is 8.21.